The van der Waals surface area contributed by atoms with Crippen molar-refractivity contribution in [3.63, 3.8) is 0 Å². The molecule has 4 nitrogen and oxygen atoms in total. The van der Waals surface area contributed by atoms with E-state index in [1.165, 1.54) is 6.20 Å². The van der Waals surface area contributed by atoms with Crippen LogP contribution in [0.3, 0.4) is 0 Å². The van der Waals surface area contributed by atoms with Crippen molar-refractivity contribution in [2.45, 2.75) is 0 Å². The number of aromatic amines is 1. The number of amides is 1. The van der Waals surface area contributed by atoms with Crippen LogP contribution < -0.4 is 5.06 Å². The smallest absolute Gasteiger partial charge is 0.274 e. The topological polar surface area (TPSA) is 56.3 Å². The van der Waals surface area contributed by atoms with Gasteiger partial charge in [0, 0.05) is 12.4 Å². The first kappa shape index (κ1) is 7.56. The molecule has 0 radical (unpaired) electrons. The molecule has 0 fully saturated rings. The monoisotopic (exact) mass is 152 g/mol. The van der Waals surface area contributed by atoms with Crippen LogP contribution in [0.2, 0.25) is 0 Å². The van der Waals surface area contributed by atoms with Gasteiger partial charge in [-0.15, -0.1) is 0 Å². The Balaban J connectivity index is 2.77. The Morgan fingerprint density at radius 3 is 3.00 bits per heavy atom. The van der Waals surface area contributed by atoms with Gasteiger partial charge in [-0.05, 0) is 12.1 Å². The highest BCUT2D eigenvalue weighted by molar-refractivity contribution is 5.98. The summed E-state index contributed by atoms with van der Waals surface area (Å²) in [6.45, 7) is 3.23. The van der Waals surface area contributed by atoms with Crippen LogP contribution >= 0.6 is 0 Å². The fourth-order valence-electron chi connectivity index (χ4n) is 0.661. The predicted octanol–water partition coefficient (Wildman–Crippen LogP) is 0.923. The zero-order chi connectivity index (χ0) is 8.27. The number of nitrogens with one attached hydrogen (secondary N) is 1. The van der Waals surface area contributed by atoms with E-state index in [0.717, 1.165) is 6.08 Å². The number of carbonyl (C=O) groups excluding carboxylic acids is 1. The Labute approximate surface area is 63.7 Å². The van der Waals surface area contributed by atoms with Gasteiger partial charge in [-0.25, -0.2) is 0 Å². The minimum atomic E-state index is -0.551. The van der Waals surface area contributed by atoms with E-state index in [1.54, 1.807) is 12.3 Å². The molecule has 0 aromatic carbocycles. The second kappa shape index (κ2) is 3.03. The maximum atomic E-state index is 10.8. The molecule has 4 heteroatoms. The Hall–Kier alpha value is -1.55. The molecular weight excluding hydrogens is 144 g/mol. The first-order valence-electron chi connectivity index (χ1n) is 3.04. The second-order valence-electron chi connectivity index (χ2n) is 1.92. The molecule has 0 saturated heterocycles. The van der Waals surface area contributed by atoms with Crippen molar-refractivity contribution in [1.29, 1.82) is 0 Å². The Bertz CT molecular complexity index is 253. The molecule has 0 unspecified atom stereocenters. The van der Waals surface area contributed by atoms with E-state index in [-0.39, 0.29) is 0 Å². The summed E-state index contributed by atoms with van der Waals surface area (Å²) in [5.41, 5.74) is 0.398. The minimum Gasteiger partial charge on any atom is -0.366 e. The van der Waals surface area contributed by atoms with Crippen molar-refractivity contribution in [3.8, 4) is 0 Å². The van der Waals surface area contributed by atoms with Gasteiger partial charge in [0.1, 0.15) is 0 Å². The average Bonchev–Trinajstić information content (AvgIpc) is 2.53. The lowest BCUT2D eigenvalue weighted by molar-refractivity contribution is -0.118. The van der Waals surface area contributed by atoms with Gasteiger partial charge in [0.15, 0.2) is 0 Å². The summed E-state index contributed by atoms with van der Waals surface area (Å²) < 4.78 is 0. The highest BCUT2D eigenvalue weighted by atomic mass is 16.5. The van der Waals surface area contributed by atoms with Crippen molar-refractivity contribution in [1.82, 2.24) is 4.98 Å². The number of anilines is 1. The lowest BCUT2D eigenvalue weighted by atomic mass is 10.5. The molecule has 0 atom stereocenters. The molecule has 1 aromatic heterocycles. The van der Waals surface area contributed by atoms with Crippen LogP contribution in [0.1, 0.15) is 0 Å². The molecule has 0 aliphatic heterocycles. The minimum absolute atomic E-state index is 0.398. The quantitative estimate of drug-likeness (QED) is 0.376. The van der Waals surface area contributed by atoms with Gasteiger partial charge in [0.2, 0.25) is 0 Å². The highest BCUT2D eigenvalue weighted by Crippen LogP contribution is 2.09. The predicted molar refractivity (Wildman–Crippen MR) is 40.3 cm³/mol. The molecule has 11 heavy (non-hydrogen) atoms. The number of nitrogens with zero attached hydrogens (tertiary/aromatic N) is 1. The SMILES string of the molecule is C=CC(=O)N(O)c1cc[nH]c1. The van der Waals surface area contributed by atoms with Gasteiger partial charge in [-0.1, -0.05) is 6.58 Å². The third kappa shape index (κ3) is 1.47. The van der Waals surface area contributed by atoms with Gasteiger partial charge < -0.3 is 4.98 Å². The van der Waals surface area contributed by atoms with Gasteiger partial charge >= 0.3 is 0 Å². The van der Waals surface area contributed by atoms with Crippen molar-refractivity contribution >= 4 is 11.6 Å². The molecule has 0 bridgehead atoms. The summed E-state index contributed by atoms with van der Waals surface area (Å²) in [6, 6.07) is 1.57. The molecule has 1 aromatic rings. The molecule has 58 valence electrons. The molecule has 2 N–H and O–H groups in total. The maximum Gasteiger partial charge on any atom is 0.274 e. The fourth-order valence-corrected chi connectivity index (χ4v) is 0.661. The lowest BCUT2D eigenvalue weighted by Crippen LogP contribution is -2.23. The Morgan fingerprint density at radius 2 is 2.55 bits per heavy atom. The van der Waals surface area contributed by atoms with E-state index in [4.69, 9.17) is 5.21 Å². The molecular formula is C7H8N2O2. The number of H-pyrrole nitrogens is 1. The normalized spacial score (nSPS) is 9.18. The van der Waals surface area contributed by atoms with Gasteiger partial charge in [-0.3, -0.25) is 10.0 Å². The number of hydrogen-bond donors (Lipinski definition) is 2. The number of rotatable bonds is 2. The second-order valence-corrected chi connectivity index (χ2v) is 1.92. The summed E-state index contributed by atoms with van der Waals surface area (Å²) in [4.78, 5) is 13.5. The lowest BCUT2D eigenvalue weighted by Gasteiger charge is -2.08. The third-order valence-electron chi connectivity index (χ3n) is 1.21. The van der Waals surface area contributed by atoms with Crippen LogP contribution in [0.25, 0.3) is 0 Å². The van der Waals surface area contributed by atoms with Gasteiger partial charge in [0.05, 0.1) is 5.69 Å². The van der Waals surface area contributed by atoms with Crippen molar-refractivity contribution in [2.24, 2.45) is 0 Å². The molecule has 1 heterocycles. The highest BCUT2D eigenvalue weighted by Gasteiger charge is 2.08. The Kier molecular flexibility index (Phi) is 2.08. The molecule has 1 amide bonds. The van der Waals surface area contributed by atoms with Crippen molar-refractivity contribution in [2.75, 3.05) is 5.06 Å². The van der Waals surface area contributed by atoms with E-state index < -0.39 is 5.91 Å². The van der Waals surface area contributed by atoms with Crippen LogP contribution in [0.5, 0.6) is 0 Å². The van der Waals surface area contributed by atoms with E-state index in [2.05, 4.69) is 11.6 Å². The van der Waals surface area contributed by atoms with Crippen LogP contribution in [-0.4, -0.2) is 16.1 Å². The maximum absolute atomic E-state index is 10.8. The zero-order valence-corrected chi connectivity index (χ0v) is 5.82. The third-order valence-corrected chi connectivity index (χ3v) is 1.21. The molecule has 0 aliphatic carbocycles. The number of hydroxylamine groups is 1. The van der Waals surface area contributed by atoms with Crippen LogP contribution in [0.15, 0.2) is 31.1 Å². The van der Waals surface area contributed by atoms with E-state index in [1.807, 2.05) is 0 Å². The van der Waals surface area contributed by atoms with Gasteiger partial charge in [-0.2, -0.15) is 5.06 Å². The van der Waals surface area contributed by atoms with Crippen molar-refractivity contribution < 1.29 is 10.0 Å². The van der Waals surface area contributed by atoms with Crippen LogP contribution in [0.4, 0.5) is 5.69 Å². The zero-order valence-electron chi connectivity index (χ0n) is 5.82. The summed E-state index contributed by atoms with van der Waals surface area (Å²) in [6.07, 6.45) is 4.14. The molecule has 0 aliphatic rings. The van der Waals surface area contributed by atoms with Crippen molar-refractivity contribution in [3.05, 3.63) is 31.1 Å². The molecule has 0 spiro atoms. The summed E-state index contributed by atoms with van der Waals surface area (Å²) in [5, 5.41) is 9.59. The number of carbonyl (C=O) groups is 1. The number of aromatic nitrogens is 1. The van der Waals surface area contributed by atoms with Crippen LogP contribution in [0, 0.1) is 0 Å². The van der Waals surface area contributed by atoms with E-state index >= 15 is 0 Å². The summed E-state index contributed by atoms with van der Waals surface area (Å²) in [5.74, 6) is -0.551. The van der Waals surface area contributed by atoms with E-state index in [0.29, 0.717) is 10.8 Å². The van der Waals surface area contributed by atoms with Crippen LogP contribution in [-0.2, 0) is 4.79 Å². The fraction of sp³-hybridized carbons (Fsp3) is 0. The first-order valence-corrected chi connectivity index (χ1v) is 3.04. The Morgan fingerprint density at radius 1 is 1.82 bits per heavy atom. The first-order chi connectivity index (χ1) is 5.25. The van der Waals surface area contributed by atoms with Gasteiger partial charge in [0.25, 0.3) is 5.91 Å². The average molecular weight is 152 g/mol. The standard InChI is InChI=1S/C7H8N2O2/c1-2-7(10)9(11)6-3-4-8-5-6/h2-5,8,11H,1H2. The number of hydrogen-bond acceptors (Lipinski definition) is 2. The molecule has 1 rings (SSSR count). The van der Waals surface area contributed by atoms with E-state index in [9.17, 15) is 4.79 Å². The summed E-state index contributed by atoms with van der Waals surface area (Å²) >= 11 is 0. The largest absolute Gasteiger partial charge is 0.366 e. The molecule has 0 saturated carbocycles. The summed E-state index contributed by atoms with van der Waals surface area (Å²) in [7, 11) is 0.